The molecule has 0 saturated heterocycles. The molecule has 39 heavy (non-hydrogen) atoms. The third-order valence-corrected chi connectivity index (χ3v) is 7.27. The lowest BCUT2D eigenvalue weighted by Gasteiger charge is -2.30. The van der Waals surface area contributed by atoms with Gasteiger partial charge in [-0.2, -0.15) is 4.57 Å². The van der Waals surface area contributed by atoms with Gasteiger partial charge in [0.2, 0.25) is 11.4 Å². The van der Waals surface area contributed by atoms with Crippen LogP contribution >= 0.6 is 0 Å². The van der Waals surface area contributed by atoms with Crippen molar-refractivity contribution in [2.75, 3.05) is 7.05 Å². The predicted octanol–water partition coefficient (Wildman–Crippen LogP) is 8.26. The van der Waals surface area contributed by atoms with E-state index in [-0.39, 0.29) is 0 Å². The summed E-state index contributed by atoms with van der Waals surface area (Å²) in [6, 6.07) is 47.1. The smallest absolute Gasteiger partial charge is 0.213 e. The zero-order valence-corrected chi connectivity index (χ0v) is 22.3. The van der Waals surface area contributed by atoms with Crippen LogP contribution in [-0.2, 0) is 7.05 Å². The quantitative estimate of drug-likeness (QED) is 0.219. The van der Waals surface area contributed by atoms with Crippen LogP contribution in [0.1, 0.15) is 16.7 Å². The Hall–Kier alpha value is -4.95. The van der Waals surface area contributed by atoms with Gasteiger partial charge in [-0.1, -0.05) is 97.1 Å². The summed E-state index contributed by atoms with van der Waals surface area (Å²) in [5.41, 5.74) is 11.8. The lowest BCUT2D eigenvalue weighted by atomic mass is 9.96. The van der Waals surface area contributed by atoms with Gasteiger partial charge < -0.3 is 4.90 Å². The highest BCUT2D eigenvalue weighted by atomic mass is 15.1. The normalized spacial score (nSPS) is 13.1. The summed E-state index contributed by atoms with van der Waals surface area (Å²) in [5.74, 6) is 0. The Morgan fingerprint density at radius 1 is 0.513 bits per heavy atom. The molecular weight excluding hydrogens is 472 g/mol. The van der Waals surface area contributed by atoms with Crippen LogP contribution < -0.4 is 4.57 Å². The minimum Gasteiger partial charge on any atom is -0.344 e. The van der Waals surface area contributed by atoms with E-state index in [4.69, 9.17) is 0 Å². The van der Waals surface area contributed by atoms with Gasteiger partial charge in [-0.05, 0) is 64.8 Å². The van der Waals surface area contributed by atoms with Gasteiger partial charge in [0.05, 0.1) is 0 Å². The molecule has 5 aromatic rings. The van der Waals surface area contributed by atoms with E-state index in [1.807, 2.05) is 0 Å². The van der Waals surface area contributed by atoms with E-state index in [0.717, 1.165) is 11.1 Å². The van der Waals surface area contributed by atoms with E-state index in [2.05, 4.69) is 175 Å². The van der Waals surface area contributed by atoms with Crippen LogP contribution in [0.4, 0.5) is 0 Å². The lowest BCUT2D eigenvalue weighted by molar-refractivity contribution is -0.649. The molecule has 4 aromatic carbocycles. The summed E-state index contributed by atoms with van der Waals surface area (Å²) in [6.45, 7) is 0. The monoisotopic (exact) mass is 503 g/mol. The first-order chi connectivity index (χ1) is 19.2. The van der Waals surface area contributed by atoms with Crippen LogP contribution in [0.3, 0.4) is 0 Å². The first kappa shape index (κ1) is 24.4. The van der Waals surface area contributed by atoms with E-state index in [1.54, 1.807) is 0 Å². The average molecular weight is 504 g/mol. The van der Waals surface area contributed by atoms with Crippen molar-refractivity contribution in [1.29, 1.82) is 0 Å². The Bertz CT molecular complexity index is 1560. The summed E-state index contributed by atoms with van der Waals surface area (Å²) in [5, 5.41) is 0. The number of nitrogens with zero attached hydrogens (tertiary/aromatic N) is 2. The first-order valence-corrected chi connectivity index (χ1v) is 13.3. The van der Waals surface area contributed by atoms with Gasteiger partial charge in [-0.25, -0.2) is 0 Å². The Morgan fingerprint density at radius 2 is 0.872 bits per heavy atom. The van der Waals surface area contributed by atoms with Crippen LogP contribution in [0.5, 0.6) is 0 Å². The highest BCUT2D eigenvalue weighted by molar-refractivity contribution is 5.86. The second kappa shape index (κ2) is 10.8. The van der Waals surface area contributed by atoms with Crippen LogP contribution in [0.2, 0.25) is 0 Å². The number of allylic oxidation sites excluding steroid dienone is 3. The summed E-state index contributed by atoms with van der Waals surface area (Å²) in [4.78, 5) is 2.29. The van der Waals surface area contributed by atoms with Crippen molar-refractivity contribution in [3.05, 3.63) is 168 Å². The van der Waals surface area contributed by atoms with Crippen molar-refractivity contribution in [3.8, 4) is 22.5 Å². The molecule has 2 nitrogen and oxygen atoms in total. The molecule has 2 heteroatoms. The molecule has 0 bridgehead atoms. The zero-order chi connectivity index (χ0) is 26.6. The van der Waals surface area contributed by atoms with Crippen molar-refractivity contribution in [3.63, 3.8) is 0 Å². The second-order valence-corrected chi connectivity index (χ2v) is 9.84. The minimum absolute atomic E-state index is 1.16. The highest BCUT2D eigenvalue weighted by Crippen LogP contribution is 2.35. The number of hydrogen-bond donors (Lipinski definition) is 0. The number of benzene rings is 4. The molecule has 1 aromatic heterocycles. The third-order valence-electron chi connectivity index (χ3n) is 7.27. The van der Waals surface area contributed by atoms with E-state index < -0.39 is 0 Å². The van der Waals surface area contributed by atoms with Crippen LogP contribution in [0, 0.1) is 0 Å². The third kappa shape index (κ3) is 5.10. The molecule has 0 unspecified atom stereocenters. The minimum atomic E-state index is 1.16. The topological polar surface area (TPSA) is 7.12 Å². The fraction of sp³-hybridized carbons (Fsp3) is 0.0541. The van der Waals surface area contributed by atoms with Crippen molar-refractivity contribution >= 4 is 17.5 Å². The SMILES string of the molecule is CN1C(c2ccccc2)=CC(=Cc2cc(-c3ccccc3)[n+](C)c(-c3ccccc3)c2)C=C1c1ccccc1. The number of aromatic nitrogens is 1. The Balaban J connectivity index is 1.55. The second-order valence-electron chi connectivity index (χ2n) is 9.84. The fourth-order valence-electron chi connectivity index (χ4n) is 5.26. The molecular formula is C37H31N2+. The Morgan fingerprint density at radius 3 is 1.26 bits per heavy atom. The number of rotatable bonds is 5. The van der Waals surface area contributed by atoms with E-state index in [9.17, 15) is 0 Å². The largest absolute Gasteiger partial charge is 0.344 e. The maximum Gasteiger partial charge on any atom is 0.213 e. The summed E-state index contributed by atoms with van der Waals surface area (Å²) in [6.07, 6.45) is 6.88. The molecule has 0 amide bonds. The highest BCUT2D eigenvalue weighted by Gasteiger charge is 2.21. The molecule has 1 aliphatic heterocycles. The summed E-state index contributed by atoms with van der Waals surface area (Å²) < 4.78 is 2.29. The van der Waals surface area contributed by atoms with Crippen molar-refractivity contribution in [1.82, 2.24) is 4.90 Å². The molecule has 0 spiro atoms. The van der Waals surface area contributed by atoms with Crippen LogP contribution in [0.15, 0.2) is 151 Å². The van der Waals surface area contributed by atoms with Gasteiger partial charge in [0, 0.05) is 41.7 Å². The van der Waals surface area contributed by atoms with Crippen LogP contribution in [-0.4, -0.2) is 11.9 Å². The fourth-order valence-corrected chi connectivity index (χ4v) is 5.26. The number of pyridine rings is 1. The van der Waals surface area contributed by atoms with Gasteiger partial charge in [0.25, 0.3) is 0 Å². The van der Waals surface area contributed by atoms with Gasteiger partial charge in [0.1, 0.15) is 7.05 Å². The maximum absolute atomic E-state index is 2.30. The molecule has 0 fully saturated rings. The molecule has 0 atom stereocenters. The predicted molar refractivity (Wildman–Crippen MR) is 163 cm³/mol. The zero-order valence-electron chi connectivity index (χ0n) is 22.3. The Kier molecular flexibility index (Phi) is 6.76. The molecule has 0 N–H and O–H groups in total. The molecule has 6 rings (SSSR count). The van der Waals surface area contributed by atoms with Gasteiger partial charge >= 0.3 is 0 Å². The molecule has 2 heterocycles. The first-order valence-electron chi connectivity index (χ1n) is 13.3. The van der Waals surface area contributed by atoms with E-state index in [0.29, 0.717) is 0 Å². The van der Waals surface area contributed by atoms with Gasteiger partial charge in [-0.3, -0.25) is 0 Å². The van der Waals surface area contributed by atoms with Gasteiger partial charge in [-0.15, -0.1) is 0 Å². The van der Waals surface area contributed by atoms with E-state index in [1.165, 1.54) is 45.0 Å². The standard InChI is InChI=1S/C37H31N2/c1-38-34(30-15-7-3-8-16-30)24-28(25-35(38)31-17-9-4-10-18-31)23-29-26-36(32-19-11-5-12-20-32)39(2)37(27-29)33-21-13-6-14-22-33/h3-27H,1-2H3/q+1. The Labute approximate surface area is 231 Å². The molecule has 1 aliphatic rings. The number of hydrogen-bond acceptors (Lipinski definition) is 1. The van der Waals surface area contributed by atoms with Crippen LogP contribution in [0.25, 0.3) is 40.0 Å². The molecule has 0 saturated carbocycles. The summed E-state index contributed by atoms with van der Waals surface area (Å²) >= 11 is 0. The molecule has 0 aliphatic carbocycles. The summed E-state index contributed by atoms with van der Waals surface area (Å²) in [7, 11) is 4.30. The maximum atomic E-state index is 2.30. The van der Waals surface area contributed by atoms with E-state index >= 15 is 0 Å². The lowest BCUT2D eigenvalue weighted by Crippen LogP contribution is -2.34. The molecule has 0 radical (unpaired) electrons. The van der Waals surface area contributed by atoms with Gasteiger partial charge in [0.15, 0.2) is 0 Å². The van der Waals surface area contributed by atoms with Crippen molar-refractivity contribution in [2.45, 2.75) is 0 Å². The average Bonchev–Trinajstić information content (AvgIpc) is 3.00. The molecule has 188 valence electrons. The van der Waals surface area contributed by atoms with Crippen molar-refractivity contribution < 1.29 is 4.57 Å². The van der Waals surface area contributed by atoms with Crippen molar-refractivity contribution in [2.24, 2.45) is 7.05 Å².